The van der Waals surface area contributed by atoms with Crippen molar-refractivity contribution in [3.63, 3.8) is 0 Å². The van der Waals surface area contributed by atoms with Crippen LogP contribution in [-0.4, -0.2) is 11.1 Å². The highest BCUT2D eigenvalue weighted by Crippen LogP contribution is 2.26. The van der Waals surface area contributed by atoms with Crippen molar-refractivity contribution in [2.45, 2.75) is 6.92 Å². The number of anilines is 1. The molecule has 0 atom stereocenters. The summed E-state index contributed by atoms with van der Waals surface area (Å²) in [5.74, 6) is 0.255. The van der Waals surface area contributed by atoms with Gasteiger partial charge in [0.25, 0.3) is 5.91 Å². The molecule has 0 aliphatic carbocycles. The van der Waals surface area contributed by atoms with Crippen LogP contribution in [0.4, 0.5) is 5.69 Å². The molecular weight excluding hydrogens is 308 g/mol. The van der Waals surface area contributed by atoms with Crippen LogP contribution in [0.1, 0.15) is 16.1 Å². The lowest BCUT2D eigenvalue weighted by atomic mass is 10.2. The first-order valence-electron chi connectivity index (χ1n) is 6.22. The highest BCUT2D eigenvalue weighted by molar-refractivity contribution is 7.13. The summed E-state index contributed by atoms with van der Waals surface area (Å²) in [6.07, 6.45) is 0. The number of aromatic nitrogens is 1. The van der Waals surface area contributed by atoms with E-state index in [9.17, 15) is 4.79 Å². The van der Waals surface area contributed by atoms with E-state index in [1.54, 1.807) is 24.3 Å². The maximum absolute atomic E-state index is 12.2. The molecule has 0 bridgehead atoms. The number of nitrogens with one attached hydrogen (secondary N) is 1. The van der Waals surface area contributed by atoms with Gasteiger partial charge in [0.1, 0.15) is 0 Å². The Morgan fingerprint density at radius 1 is 1.33 bits per heavy atom. The van der Waals surface area contributed by atoms with Crippen molar-refractivity contribution in [2.24, 2.45) is 0 Å². The molecule has 0 fully saturated rings. The minimum Gasteiger partial charge on any atom is -0.355 e. The van der Waals surface area contributed by atoms with Crippen LogP contribution in [0, 0.1) is 6.92 Å². The Balaban J connectivity index is 1.81. The first-order chi connectivity index (χ1) is 10.1. The Hall–Kier alpha value is -2.11. The largest absolute Gasteiger partial charge is 0.355 e. The third-order valence-corrected chi connectivity index (χ3v) is 4.32. The molecule has 3 rings (SSSR count). The van der Waals surface area contributed by atoms with Crippen molar-refractivity contribution in [1.82, 2.24) is 5.16 Å². The van der Waals surface area contributed by atoms with Crippen LogP contribution in [0.15, 0.2) is 46.3 Å². The Kier molecular flexibility index (Phi) is 3.77. The van der Waals surface area contributed by atoms with Crippen molar-refractivity contribution in [2.75, 3.05) is 5.32 Å². The molecule has 21 heavy (non-hydrogen) atoms. The van der Waals surface area contributed by atoms with Gasteiger partial charge in [-0.25, -0.2) is 0 Å². The average Bonchev–Trinajstić information content (AvgIpc) is 3.13. The van der Waals surface area contributed by atoms with Crippen LogP contribution in [0.5, 0.6) is 0 Å². The van der Waals surface area contributed by atoms with Crippen LogP contribution in [0.25, 0.3) is 10.6 Å². The third-order valence-electron chi connectivity index (χ3n) is 3.02. The summed E-state index contributed by atoms with van der Waals surface area (Å²) < 4.78 is 5.20. The SMILES string of the molecule is Cc1c(Cl)cccc1NC(=O)c1cc(-c2cccs2)on1. The number of amides is 1. The fourth-order valence-electron chi connectivity index (χ4n) is 1.85. The fraction of sp³-hybridized carbons (Fsp3) is 0.0667. The molecule has 3 aromatic rings. The van der Waals surface area contributed by atoms with Gasteiger partial charge in [-0.2, -0.15) is 0 Å². The zero-order valence-electron chi connectivity index (χ0n) is 11.1. The Morgan fingerprint density at radius 2 is 2.19 bits per heavy atom. The quantitative estimate of drug-likeness (QED) is 0.766. The van der Waals surface area contributed by atoms with Crippen LogP contribution in [-0.2, 0) is 0 Å². The molecule has 4 nitrogen and oxygen atoms in total. The van der Waals surface area contributed by atoms with E-state index in [4.69, 9.17) is 16.1 Å². The lowest BCUT2D eigenvalue weighted by Crippen LogP contribution is -2.13. The molecule has 0 saturated heterocycles. The average molecular weight is 319 g/mol. The molecule has 2 aromatic heterocycles. The molecule has 106 valence electrons. The highest BCUT2D eigenvalue weighted by Gasteiger charge is 2.15. The number of nitrogens with zero attached hydrogens (tertiary/aromatic N) is 1. The highest BCUT2D eigenvalue weighted by atomic mass is 35.5. The zero-order valence-corrected chi connectivity index (χ0v) is 12.7. The topological polar surface area (TPSA) is 55.1 Å². The number of hydrogen-bond acceptors (Lipinski definition) is 4. The van der Waals surface area contributed by atoms with E-state index < -0.39 is 0 Å². The fourth-order valence-corrected chi connectivity index (χ4v) is 2.69. The van der Waals surface area contributed by atoms with Gasteiger partial charge in [0, 0.05) is 16.8 Å². The summed E-state index contributed by atoms with van der Waals surface area (Å²) in [7, 11) is 0. The molecule has 0 saturated carbocycles. The predicted octanol–water partition coefficient (Wildman–Crippen LogP) is 4.62. The molecule has 0 unspecified atom stereocenters. The van der Waals surface area contributed by atoms with Crippen LogP contribution in [0.3, 0.4) is 0 Å². The zero-order chi connectivity index (χ0) is 14.8. The van der Waals surface area contributed by atoms with Crippen LogP contribution >= 0.6 is 22.9 Å². The Morgan fingerprint density at radius 3 is 2.95 bits per heavy atom. The van der Waals surface area contributed by atoms with Crippen molar-refractivity contribution in [3.05, 3.63) is 58.1 Å². The maximum Gasteiger partial charge on any atom is 0.277 e. The Labute approximate surface area is 130 Å². The standard InChI is InChI=1S/C15H11ClN2O2S/c1-9-10(16)4-2-5-11(9)17-15(19)12-8-13(20-18-12)14-6-3-7-21-14/h2-8H,1H3,(H,17,19). The van der Waals surface area contributed by atoms with E-state index in [1.807, 2.05) is 24.4 Å². The first-order valence-corrected chi connectivity index (χ1v) is 7.48. The number of rotatable bonds is 3. The van der Waals surface area contributed by atoms with Crippen molar-refractivity contribution in [1.29, 1.82) is 0 Å². The van der Waals surface area contributed by atoms with Crippen LogP contribution < -0.4 is 5.32 Å². The molecule has 6 heteroatoms. The summed E-state index contributed by atoms with van der Waals surface area (Å²) in [6, 6.07) is 10.8. The summed E-state index contributed by atoms with van der Waals surface area (Å²) in [5.41, 5.74) is 1.71. The minimum absolute atomic E-state index is 0.234. The van der Waals surface area contributed by atoms with Crippen molar-refractivity contribution < 1.29 is 9.32 Å². The summed E-state index contributed by atoms with van der Waals surface area (Å²) in [6.45, 7) is 1.85. The predicted molar refractivity (Wildman–Crippen MR) is 84.0 cm³/mol. The minimum atomic E-state index is -0.327. The summed E-state index contributed by atoms with van der Waals surface area (Å²) >= 11 is 7.56. The van der Waals surface area contributed by atoms with Gasteiger partial charge in [-0.15, -0.1) is 11.3 Å². The second-order valence-corrected chi connectivity index (χ2v) is 5.78. The van der Waals surface area contributed by atoms with Gasteiger partial charge in [0.15, 0.2) is 11.5 Å². The van der Waals surface area contributed by atoms with E-state index in [-0.39, 0.29) is 11.6 Å². The second-order valence-electron chi connectivity index (χ2n) is 4.42. The lowest BCUT2D eigenvalue weighted by molar-refractivity contribution is 0.101. The van der Waals surface area contributed by atoms with Crippen LogP contribution in [0.2, 0.25) is 5.02 Å². The maximum atomic E-state index is 12.2. The summed E-state index contributed by atoms with van der Waals surface area (Å²) in [5, 5.41) is 9.13. The summed E-state index contributed by atoms with van der Waals surface area (Å²) in [4.78, 5) is 13.1. The van der Waals surface area contributed by atoms with E-state index >= 15 is 0 Å². The number of halogens is 1. The number of benzene rings is 1. The van der Waals surface area contributed by atoms with Gasteiger partial charge in [-0.1, -0.05) is 28.9 Å². The molecule has 2 heterocycles. The smallest absolute Gasteiger partial charge is 0.277 e. The second kappa shape index (κ2) is 5.71. The Bertz CT molecular complexity index is 781. The molecule has 0 radical (unpaired) electrons. The van der Waals surface area contributed by atoms with Gasteiger partial charge < -0.3 is 9.84 Å². The van der Waals surface area contributed by atoms with Gasteiger partial charge in [0.05, 0.1) is 4.88 Å². The van der Waals surface area contributed by atoms with Gasteiger partial charge in [-0.05, 0) is 36.1 Å². The monoisotopic (exact) mass is 318 g/mol. The number of carbonyl (C=O) groups is 1. The van der Waals surface area contributed by atoms with Gasteiger partial charge >= 0.3 is 0 Å². The number of carbonyl (C=O) groups excluding carboxylic acids is 1. The lowest BCUT2D eigenvalue weighted by Gasteiger charge is -2.07. The molecule has 0 spiro atoms. The van der Waals surface area contributed by atoms with E-state index in [0.29, 0.717) is 16.5 Å². The molecule has 1 aromatic carbocycles. The molecule has 0 aliphatic rings. The molecule has 1 amide bonds. The van der Waals surface area contributed by atoms with Gasteiger partial charge in [0.2, 0.25) is 0 Å². The van der Waals surface area contributed by atoms with Crippen molar-refractivity contribution >= 4 is 34.5 Å². The van der Waals surface area contributed by atoms with E-state index in [2.05, 4.69) is 10.5 Å². The molecule has 0 aliphatic heterocycles. The van der Waals surface area contributed by atoms with E-state index in [0.717, 1.165) is 10.4 Å². The third kappa shape index (κ3) is 2.84. The molecular formula is C15H11ClN2O2S. The normalized spacial score (nSPS) is 10.6. The number of thiophene rings is 1. The molecule has 1 N–H and O–H groups in total. The number of hydrogen-bond donors (Lipinski definition) is 1. The van der Waals surface area contributed by atoms with Crippen molar-refractivity contribution in [3.8, 4) is 10.6 Å². The van der Waals surface area contributed by atoms with Gasteiger partial charge in [-0.3, -0.25) is 4.79 Å². The first kappa shape index (κ1) is 13.9. The van der Waals surface area contributed by atoms with E-state index in [1.165, 1.54) is 11.3 Å².